The summed E-state index contributed by atoms with van der Waals surface area (Å²) in [7, 11) is -5.50. The first-order valence-corrected chi connectivity index (χ1v) is 9.85. The van der Waals surface area contributed by atoms with Crippen molar-refractivity contribution in [3.63, 3.8) is 0 Å². The fourth-order valence-corrected chi connectivity index (χ4v) is 8.80. The summed E-state index contributed by atoms with van der Waals surface area (Å²) in [6, 6.07) is 0. The van der Waals surface area contributed by atoms with Crippen LogP contribution in [0.15, 0.2) is 0 Å². The molecular formula is C9H20F3O3PS. The second-order valence-electron chi connectivity index (χ2n) is 4.10. The summed E-state index contributed by atoms with van der Waals surface area (Å²) in [6.07, 6.45) is 1.35. The Bertz CT molecular complexity index is 337. The first-order valence-electron chi connectivity index (χ1n) is 5.55. The van der Waals surface area contributed by atoms with E-state index in [2.05, 4.69) is 0 Å². The maximum absolute atomic E-state index is 12.4. The Kier molecular flexibility index (Phi) is 5.05. The SMILES string of the molecule is CCP(CC)(CC)(CC)OS(=O)(=O)C(F)(F)F. The van der Waals surface area contributed by atoms with Gasteiger partial charge >= 0.3 is 100 Å². The molecule has 0 amide bonds. The summed E-state index contributed by atoms with van der Waals surface area (Å²) < 4.78 is 64.3. The van der Waals surface area contributed by atoms with Gasteiger partial charge in [0.05, 0.1) is 0 Å². The first-order chi connectivity index (χ1) is 7.51. The Balaban J connectivity index is 5.60. The van der Waals surface area contributed by atoms with Gasteiger partial charge in [-0.15, -0.1) is 0 Å². The van der Waals surface area contributed by atoms with Crippen molar-refractivity contribution < 1.29 is 25.6 Å². The predicted octanol–water partition coefficient (Wildman–Crippen LogP) is 3.40. The van der Waals surface area contributed by atoms with Crippen molar-refractivity contribution in [2.75, 3.05) is 24.6 Å². The first kappa shape index (κ1) is 17.1. The summed E-state index contributed by atoms with van der Waals surface area (Å²) in [5.41, 5.74) is -5.34. The second-order valence-corrected chi connectivity index (χ2v) is 12.3. The van der Waals surface area contributed by atoms with E-state index in [9.17, 15) is 21.6 Å². The van der Waals surface area contributed by atoms with Crippen LogP contribution in [0.2, 0.25) is 0 Å². The van der Waals surface area contributed by atoms with Crippen molar-refractivity contribution in [1.82, 2.24) is 0 Å². The molecule has 0 aromatic rings. The van der Waals surface area contributed by atoms with E-state index in [1.165, 1.54) is 0 Å². The maximum atomic E-state index is 12.4. The van der Waals surface area contributed by atoms with Crippen LogP contribution in [0, 0.1) is 0 Å². The summed E-state index contributed by atoms with van der Waals surface area (Å²) in [6.45, 7) is 3.51. The van der Waals surface area contributed by atoms with Gasteiger partial charge in [0.2, 0.25) is 0 Å². The Morgan fingerprint density at radius 2 is 1.24 bits per heavy atom. The number of hydrogen-bond donors (Lipinski definition) is 0. The molecule has 0 saturated heterocycles. The normalized spacial score (nSPS) is 16.5. The molecule has 0 fully saturated rings. The van der Waals surface area contributed by atoms with Crippen LogP contribution in [0.4, 0.5) is 13.2 Å². The van der Waals surface area contributed by atoms with Gasteiger partial charge in [-0.3, -0.25) is 0 Å². The average molecular weight is 296 g/mol. The Morgan fingerprint density at radius 1 is 0.941 bits per heavy atom. The van der Waals surface area contributed by atoms with Crippen LogP contribution in [-0.2, 0) is 14.1 Å². The van der Waals surface area contributed by atoms with E-state index in [-0.39, 0.29) is 0 Å². The van der Waals surface area contributed by atoms with E-state index in [1.807, 2.05) is 0 Å². The van der Waals surface area contributed by atoms with Gasteiger partial charge in [-0.05, 0) is 0 Å². The van der Waals surface area contributed by atoms with Gasteiger partial charge in [-0.1, -0.05) is 0 Å². The Morgan fingerprint density at radius 3 is 1.41 bits per heavy atom. The molecule has 0 aromatic carbocycles. The minimum absolute atomic E-state index is 0.338. The molecule has 17 heavy (non-hydrogen) atoms. The van der Waals surface area contributed by atoms with Crippen molar-refractivity contribution in [3.8, 4) is 0 Å². The van der Waals surface area contributed by atoms with Crippen LogP contribution < -0.4 is 0 Å². The summed E-state index contributed by atoms with van der Waals surface area (Å²) >= 11 is 0. The molecule has 0 N–H and O–H groups in total. The molecule has 0 radical (unpaired) electrons. The third-order valence-electron chi connectivity index (χ3n) is 3.79. The van der Waals surface area contributed by atoms with Gasteiger partial charge in [0.25, 0.3) is 0 Å². The van der Waals surface area contributed by atoms with Crippen molar-refractivity contribution in [2.24, 2.45) is 0 Å². The quantitative estimate of drug-likeness (QED) is 0.557. The van der Waals surface area contributed by atoms with Crippen LogP contribution in [0.5, 0.6) is 0 Å². The van der Waals surface area contributed by atoms with E-state index in [1.54, 1.807) is 27.7 Å². The number of halogens is 3. The standard InChI is InChI=1S/C9H20F3O3PS/c1-5-16(6-2,7-3,8-4)15-17(13,14)9(10,11)12/h5-8H2,1-4H3. The van der Waals surface area contributed by atoms with Crippen molar-refractivity contribution in [3.05, 3.63) is 0 Å². The van der Waals surface area contributed by atoms with E-state index in [4.69, 9.17) is 3.97 Å². The Hall–Kier alpha value is 0.130. The van der Waals surface area contributed by atoms with Crippen LogP contribution in [0.1, 0.15) is 27.7 Å². The van der Waals surface area contributed by atoms with Gasteiger partial charge in [-0.2, -0.15) is 0 Å². The van der Waals surface area contributed by atoms with E-state index in [0.29, 0.717) is 24.6 Å². The summed E-state index contributed by atoms with van der Waals surface area (Å²) in [5.74, 6) is 0. The second kappa shape index (κ2) is 5.02. The number of hydrogen-bond acceptors (Lipinski definition) is 3. The summed E-state index contributed by atoms with van der Waals surface area (Å²) in [5, 5.41) is 0. The van der Waals surface area contributed by atoms with Gasteiger partial charge in [0.15, 0.2) is 0 Å². The van der Waals surface area contributed by atoms with Crippen molar-refractivity contribution in [2.45, 2.75) is 33.2 Å². The molecule has 0 aliphatic rings. The van der Waals surface area contributed by atoms with Crippen LogP contribution >= 0.6 is 6.83 Å². The summed E-state index contributed by atoms with van der Waals surface area (Å²) in [4.78, 5) is 0. The minimum atomic E-state index is -5.50. The van der Waals surface area contributed by atoms with Crippen LogP contribution in [0.25, 0.3) is 0 Å². The molecule has 3 nitrogen and oxygen atoms in total. The number of rotatable bonds is 6. The topological polar surface area (TPSA) is 43.4 Å². The fraction of sp³-hybridized carbons (Fsp3) is 1.00. The monoisotopic (exact) mass is 296 g/mol. The molecule has 0 aromatic heterocycles. The fourth-order valence-electron chi connectivity index (χ4n) is 1.87. The van der Waals surface area contributed by atoms with Gasteiger partial charge < -0.3 is 0 Å². The zero-order valence-corrected chi connectivity index (χ0v) is 12.3. The molecule has 0 bridgehead atoms. The van der Waals surface area contributed by atoms with Crippen molar-refractivity contribution in [1.29, 1.82) is 0 Å². The van der Waals surface area contributed by atoms with Gasteiger partial charge in [0.1, 0.15) is 0 Å². The van der Waals surface area contributed by atoms with Gasteiger partial charge in [0, 0.05) is 0 Å². The molecule has 0 heterocycles. The molecule has 0 saturated carbocycles. The van der Waals surface area contributed by atoms with Crippen molar-refractivity contribution >= 4 is 16.9 Å². The Labute approximate surface area is 101 Å². The molecule has 0 unspecified atom stereocenters. The third-order valence-corrected chi connectivity index (χ3v) is 13.2. The van der Waals surface area contributed by atoms with Crippen LogP contribution in [0.3, 0.4) is 0 Å². The number of alkyl halides is 3. The van der Waals surface area contributed by atoms with Crippen LogP contribution in [-0.4, -0.2) is 38.6 Å². The molecule has 8 heteroatoms. The molecule has 0 aliphatic heterocycles. The zero-order valence-electron chi connectivity index (χ0n) is 10.5. The van der Waals surface area contributed by atoms with E-state index in [0.717, 1.165) is 0 Å². The molecule has 0 rings (SSSR count). The van der Waals surface area contributed by atoms with E-state index >= 15 is 0 Å². The molecule has 0 atom stereocenters. The zero-order chi connectivity index (χ0) is 14.0. The van der Waals surface area contributed by atoms with E-state index < -0.39 is 22.5 Å². The average Bonchev–Trinajstić information content (AvgIpc) is 2.25. The third kappa shape index (κ3) is 3.12. The molecular weight excluding hydrogens is 276 g/mol. The molecule has 0 spiro atoms. The predicted molar refractivity (Wildman–Crippen MR) is 65.1 cm³/mol. The molecule has 0 aliphatic carbocycles. The molecule has 106 valence electrons. The van der Waals surface area contributed by atoms with Gasteiger partial charge in [-0.25, -0.2) is 0 Å².